The van der Waals surface area contributed by atoms with Crippen LogP contribution >= 0.6 is 0 Å². The van der Waals surface area contributed by atoms with Crippen LogP contribution in [0.3, 0.4) is 0 Å². The van der Waals surface area contributed by atoms with Crippen molar-refractivity contribution in [2.75, 3.05) is 20.2 Å². The van der Waals surface area contributed by atoms with Crippen molar-refractivity contribution in [3.8, 4) is 5.75 Å². The second kappa shape index (κ2) is 6.51. The van der Waals surface area contributed by atoms with E-state index >= 15 is 0 Å². The summed E-state index contributed by atoms with van der Waals surface area (Å²) in [6.45, 7) is 1.63. The van der Waals surface area contributed by atoms with E-state index in [9.17, 15) is 5.11 Å². The lowest BCUT2D eigenvalue weighted by Gasteiger charge is -2.40. The molecule has 0 aliphatic carbocycles. The molecule has 3 rings (SSSR count). The molecule has 3 heteroatoms. The standard InChI is InChI=1S/C19H22NO2/c1-22-18-10-6-5-9-17(18)19(21,15-7-3-2-4-8-15)16-11-13-20-14-12-16/h2-10,16,21H,11-14H2,1H3. The van der Waals surface area contributed by atoms with E-state index in [2.05, 4.69) is 5.32 Å². The van der Waals surface area contributed by atoms with Crippen LogP contribution in [0.25, 0.3) is 0 Å². The molecule has 0 saturated carbocycles. The first-order valence-corrected chi connectivity index (χ1v) is 7.81. The maximum absolute atomic E-state index is 11.8. The van der Waals surface area contributed by atoms with Crippen molar-refractivity contribution in [3.63, 3.8) is 0 Å². The highest BCUT2D eigenvalue weighted by Crippen LogP contribution is 2.44. The van der Waals surface area contributed by atoms with Gasteiger partial charge in [0.2, 0.25) is 0 Å². The summed E-state index contributed by atoms with van der Waals surface area (Å²) < 4.78 is 5.52. The van der Waals surface area contributed by atoms with Gasteiger partial charge in [0.25, 0.3) is 0 Å². The van der Waals surface area contributed by atoms with Gasteiger partial charge in [-0.2, -0.15) is 0 Å². The molecule has 2 aromatic carbocycles. The Hall–Kier alpha value is -1.84. The number of methoxy groups -OCH3 is 1. The second-order valence-corrected chi connectivity index (χ2v) is 5.78. The van der Waals surface area contributed by atoms with Crippen molar-refractivity contribution in [1.82, 2.24) is 5.32 Å². The van der Waals surface area contributed by atoms with Crippen LogP contribution in [-0.4, -0.2) is 25.3 Å². The summed E-state index contributed by atoms with van der Waals surface area (Å²) in [7, 11) is 1.65. The summed E-state index contributed by atoms with van der Waals surface area (Å²) in [5, 5.41) is 16.2. The largest absolute Gasteiger partial charge is 0.496 e. The molecule has 2 aromatic rings. The molecular weight excluding hydrogens is 274 g/mol. The minimum absolute atomic E-state index is 0.142. The van der Waals surface area contributed by atoms with Crippen LogP contribution in [0.2, 0.25) is 0 Å². The second-order valence-electron chi connectivity index (χ2n) is 5.78. The maximum atomic E-state index is 11.8. The Balaban J connectivity index is 2.14. The highest BCUT2D eigenvalue weighted by molar-refractivity contribution is 5.45. The Morgan fingerprint density at radius 3 is 2.32 bits per heavy atom. The SMILES string of the molecule is COc1ccccc1C(O)(c1ccccc1)C1CC[N]CC1. The van der Waals surface area contributed by atoms with Crippen molar-refractivity contribution < 1.29 is 9.84 Å². The van der Waals surface area contributed by atoms with Crippen LogP contribution in [0, 0.1) is 5.92 Å². The molecule has 1 N–H and O–H groups in total. The van der Waals surface area contributed by atoms with Gasteiger partial charge in [0.05, 0.1) is 7.11 Å². The molecule has 115 valence electrons. The van der Waals surface area contributed by atoms with Gasteiger partial charge in [0.15, 0.2) is 0 Å². The Bertz CT molecular complexity index is 608. The fourth-order valence-corrected chi connectivity index (χ4v) is 3.43. The molecule has 0 bridgehead atoms. The number of rotatable bonds is 4. The van der Waals surface area contributed by atoms with E-state index in [1.165, 1.54) is 0 Å². The zero-order valence-electron chi connectivity index (χ0n) is 12.9. The van der Waals surface area contributed by atoms with Gasteiger partial charge in [0, 0.05) is 18.7 Å². The minimum atomic E-state index is -1.04. The molecule has 1 saturated heterocycles. The Kier molecular flexibility index (Phi) is 4.46. The van der Waals surface area contributed by atoms with Crippen LogP contribution in [0.15, 0.2) is 54.6 Å². The van der Waals surface area contributed by atoms with Crippen molar-refractivity contribution in [1.29, 1.82) is 0 Å². The number of ether oxygens (including phenoxy) is 1. The minimum Gasteiger partial charge on any atom is -0.496 e. The maximum Gasteiger partial charge on any atom is 0.125 e. The first kappa shape index (κ1) is 15.1. The molecule has 1 aliphatic heterocycles. The van der Waals surface area contributed by atoms with Crippen LogP contribution in [-0.2, 0) is 5.60 Å². The lowest BCUT2D eigenvalue weighted by Crippen LogP contribution is -2.41. The number of benzene rings is 2. The number of aliphatic hydroxyl groups is 1. The van der Waals surface area contributed by atoms with Gasteiger partial charge < -0.3 is 9.84 Å². The Morgan fingerprint density at radius 2 is 1.64 bits per heavy atom. The zero-order chi connectivity index (χ0) is 15.4. The van der Waals surface area contributed by atoms with Crippen molar-refractivity contribution in [3.05, 3.63) is 65.7 Å². The van der Waals surface area contributed by atoms with Gasteiger partial charge in [-0.15, -0.1) is 0 Å². The van der Waals surface area contributed by atoms with Gasteiger partial charge >= 0.3 is 0 Å². The lowest BCUT2D eigenvalue weighted by atomic mass is 9.72. The van der Waals surface area contributed by atoms with Crippen LogP contribution < -0.4 is 10.1 Å². The number of hydrogen-bond acceptors (Lipinski definition) is 2. The number of hydrogen-bond donors (Lipinski definition) is 1. The molecule has 0 spiro atoms. The van der Waals surface area contributed by atoms with E-state index in [1.807, 2.05) is 54.6 Å². The predicted molar refractivity (Wildman–Crippen MR) is 87.0 cm³/mol. The highest BCUT2D eigenvalue weighted by Gasteiger charge is 2.42. The normalized spacial score (nSPS) is 18.6. The third kappa shape index (κ3) is 2.62. The molecule has 0 amide bonds. The van der Waals surface area contributed by atoms with Gasteiger partial charge in [-0.05, 0) is 30.4 Å². The Labute approximate surface area is 131 Å². The molecule has 1 radical (unpaired) electrons. The van der Waals surface area contributed by atoms with E-state index in [4.69, 9.17) is 4.74 Å². The third-order valence-corrected chi connectivity index (χ3v) is 4.59. The molecule has 1 heterocycles. The molecule has 1 atom stereocenters. The molecule has 3 nitrogen and oxygen atoms in total. The number of nitrogens with zero attached hydrogens (tertiary/aromatic N) is 1. The summed E-state index contributed by atoms with van der Waals surface area (Å²) in [6, 6.07) is 17.7. The fourth-order valence-electron chi connectivity index (χ4n) is 3.43. The summed E-state index contributed by atoms with van der Waals surface area (Å²) >= 11 is 0. The summed E-state index contributed by atoms with van der Waals surface area (Å²) in [5.41, 5.74) is 0.728. The fraction of sp³-hybridized carbons (Fsp3) is 0.368. The molecular formula is C19H22NO2. The quantitative estimate of drug-likeness (QED) is 0.942. The monoisotopic (exact) mass is 296 g/mol. The molecule has 22 heavy (non-hydrogen) atoms. The van der Waals surface area contributed by atoms with Crippen molar-refractivity contribution in [2.45, 2.75) is 18.4 Å². The van der Waals surface area contributed by atoms with Crippen molar-refractivity contribution >= 4 is 0 Å². The highest BCUT2D eigenvalue weighted by atomic mass is 16.5. The van der Waals surface area contributed by atoms with Crippen molar-refractivity contribution in [2.24, 2.45) is 5.92 Å². The van der Waals surface area contributed by atoms with E-state index in [1.54, 1.807) is 7.11 Å². The van der Waals surface area contributed by atoms with Crippen LogP contribution in [0.5, 0.6) is 5.75 Å². The van der Waals surface area contributed by atoms with E-state index in [0.717, 1.165) is 42.8 Å². The first-order chi connectivity index (χ1) is 10.8. The zero-order valence-corrected chi connectivity index (χ0v) is 12.9. The lowest BCUT2D eigenvalue weighted by molar-refractivity contribution is 0.000134. The average Bonchev–Trinajstić information content (AvgIpc) is 2.62. The van der Waals surface area contributed by atoms with Gasteiger partial charge in [-0.1, -0.05) is 48.5 Å². The van der Waals surface area contributed by atoms with E-state index in [0.29, 0.717) is 0 Å². The summed E-state index contributed by atoms with van der Waals surface area (Å²) in [4.78, 5) is 0. The van der Waals surface area contributed by atoms with E-state index < -0.39 is 5.60 Å². The van der Waals surface area contributed by atoms with Gasteiger partial charge in [0.1, 0.15) is 11.4 Å². The molecule has 1 fully saturated rings. The molecule has 1 unspecified atom stereocenters. The van der Waals surface area contributed by atoms with Crippen LogP contribution in [0.1, 0.15) is 24.0 Å². The predicted octanol–water partition coefficient (Wildman–Crippen LogP) is 2.95. The van der Waals surface area contributed by atoms with Gasteiger partial charge in [-0.25, -0.2) is 5.32 Å². The smallest absolute Gasteiger partial charge is 0.125 e. The summed E-state index contributed by atoms with van der Waals surface area (Å²) in [5.74, 6) is 0.875. The van der Waals surface area contributed by atoms with E-state index in [-0.39, 0.29) is 5.92 Å². The number of piperidine rings is 1. The first-order valence-electron chi connectivity index (χ1n) is 7.81. The Morgan fingerprint density at radius 1 is 1.00 bits per heavy atom. The average molecular weight is 296 g/mol. The molecule has 0 aromatic heterocycles. The topological polar surface area (TPSA) is 43.6 Å². The van der Waals surface area contributed by atoms with Crippen LogP contribution in [0.4, 0.5) is 0 Å². The molecule has 1 aliphatic rings. The third-order valence-electron chi connectivity index (χ3n) is 4.59. The number of para-hydroxylation sites is 1. The summed E-state index contributed by atoms with van der Waals surface area (Å²) in [6.07, 6.45) is 1.78. The van der Waals surface area contributed by atoms with Gasteiger partial charge in [-0.3, -0.25) is 0 Å².